The summed E-state index contributed by atoms with van der Waals surface area (Å²) in [6, 6.07) is 22.4. The molecule has 1 aliphatic rings. The van der Waals surface area contributed by atoms with Gasteiger partial charge in [-0.25, -0.2) is 0 Å². The summed E-state index contributed by atoms with van der Waals surface area (Å²) < 4.78 is 0. The van der Waals surface area contributed by atoms with Gasteiger partial charge in [0.2, 0.25) is 0 Å². The molecule has 0 spiro atoms. The van der Waals surface area contributed by atoms with Crippen LogP contribution in [0.5, 0.6) is 0 Å². The van der Waals surface area contributed by atoms with Crippen LogP contribution in [-0.4, -0.2) is 0 Å². The van der Waals surface area contributed by atoms with Crippen LogP contribution in [0.1, 0.15) is 242 Å². The molecule has 0 aliphatic carbocycles. The third-order valence-electron chi connectivity index (χ3n) is 12.8. The number of para-hydroxylation sites is 1. The molecule has 57 heavy (non-hydrogen) atoms. The number of anilines is 2. The summed E-state index contributed by atoms with van der Waals surface area (Å²) in [4.78, 5) is 0. The van der Waals surface area contributed by atoms with Gasteiger partial charge in [0, 0.05) is 16.6 Å². The summed E-state index contributed by atoms with van der Waals surface area (Å²) in [6.07, 6.45) is 52.8. The van der Waals surface area contributed by atoms with Crippen LogP contribution in [0.2, 0.25) is 0 Å². The Balaban J connectivity index is 1.26. The van der Waals surface area contributed by atoms with Crippen LogP contribution in [0.15, 0.2) is 60.7 Å². The van der Waals surface area contributed by atoms with E-state index in [1.165, 1.54) is 251 Å². The molecule has 0 aromatic heterocycles. The highest BCUT2D eigenvalue weighted by Gasteiger charge is 2.15. The second-order valence-electron chi connectivity index (χ2n) is 17.9. The first-order chi connectivity index (χ1) is 28.3. The van der Waals surface area contributed by atoms with Crippen LogP contribution in [0.3, 0.4) is 0 Å². The summed E-state index contributed by atoms with van der Waals surface area (Å²) in [6.45, 7) is 4.62. The van der Waals surface area contributed by atoms with Gasteiger partial charge in [0.1, 0.15) is 0 Å². The minimum absolute atomic E-state index is 1.19. The van der Waals surface area contributed by atoms with E-state index in [2.05, 4.69) is 92.0 Å². The van der Waals surface area contributed by atoms with Crippen molar-refractivity contribution in [3.05, 3.63) is 93.4 Å². The van der Waals surface area contributed by atoms with E-state index in [9.17, 15) is 0 Å². The third kappa shape index (κ3) is 19.7. The van der Waals surface area contributed by atoms with Crippen molar-refractivity contribution in [2.75, 3.05) is 5.32 Å². The molecular formula is C56H87N. The van der Waals surface area contributed by atoms with Gasteiger partial charge in [-0.3, -0.25) is 0 Å². The van der Waals surface area contributed by atoms with Crippen molar-refractivity contribution in [3.63, 3.8) is 0 Å². The molecule has 0 saturated carbocycles. The molecule has 1 heteroatoms. The van der Waals surface area contributed by atoms with Crippen LogP contribution in [-0.2, 0) is 12.8 Å². The summed E-state index contributed by atoms with van der Waals surface area (Å²) in [5.41, 5.74) is 8.32. The molecule has 3 aromatic rings. The minimum Gasteiger partial charge on any atom is -0.355 e. The van der Waals surface area contributed by atoms with Gasteiger partial charge in [-0.15, -0.1) is 0 Å². The van der Waals surface area contributed by atoms with E-state index in [1.54, 1.807) is 11.1 Å². The van der Waals surface area contributed by atoms with Gasteiger partial charge in [-0.2, -0.15) is 0 Å². The maximum absolute atomic E-state index is 3.86. The molecule has 3 aromatic carbocycles. The highest BCUT2D eigenvalue weighted by molar-refractivity contribution is 5.79. The van der Waals surface area contributed by atoms with Gasteiger partial charge < -0.3 is 5.32 Å². The molecule has 1 heterocycles. The smallest absolute Gasteiger partial charge is 0.0467 e. The number of unbranched alkanes of at least 4 members (excludes halogenated alkanes) is 30. The Hall–Kier alpha value is -2.80. The molecule has 0 atom stereocenters. The van der Waals surface area contributed by atoms with E-state index in [0.717, 1.165) is 0 Å². The number of benzene rings is 3. The van der Waals surface area contributed by atoms with E-state index >= 15 is 0 Å². The van der Waals surface area contributed by atoms with E-state index in [4.69, 9.17) is 0 Å². The van der Waals surface area contributed by atoms with Crippen LogP contribution in [0.25, 0.3) is 12.2 Å². The zero-order chi connectivity index (χ0) is 39.9. The Morgan fingerprint density at radius 1 is 0.404 bits per heavy atom. The molecule has 0 radical (unpaired) electrons. The lowest BCUT2D eigenvalue weighted by Crippen LogP contribution is -2.34. The first-order valence-corrected chi connectivity index (χ1v) is 25.1. The summed E-state index contributed by atoms with van der Waals surface area (Å²) in [7, 11) is 0. The molecule has 316 valence electrons. The van der Waals surface area contributed by atoms with Gasteiger partial charge in [0.05, 0.1) is 0 Å². The Morgan fingerprint density at radius 3 is 1.28 bits per heavy atom. The summed E-state index contributed by atoms with van der Waals surface area (Å²) in [5.74, 6) is 0. The third-order valence-corrected chi connectivity index (χ3v) is 12.8. The molecule has 0 fully saturated rings. The molecular weight excluding hydrogens is 687 g/mol. The monoisotopic (exact) mass is 774 g/mol. The van der Waals surface area contributed by atoms with Gasteiger partial charge in [-0.05, 0) is 77.4 Å². The maximum atomic E-state index is 3.86. The van der Waals surface area contributed by atoms with Crippen molar-refractivity contribution in [1.82, 2.24) is 0 Å². The van der Waals surface area contributed by atoms with Gasteiger partial charge in [-0.1, -0.05) is 255 Å². The number of hydrogen-bond acceptors (Lipinski definition) is 1. The SMILES string of the molecule is CCCCCCCCCCCCCCCCCCc1cc2c(c(=Cc3ccccc3)c1CCCCCCCCCCCCCCCCCC)=Cc1ccccc1N2. The molecule has 0 bridgehead atoms. The molecule has 1 N–H and O–H groups in total. The first kappa shape index (κ1) is 46.9. The highest BCUT2D eigenvalue weighted by Crippen LogP contribution is 2.26. The Kier molecular flexibility index (Phi) is 25.6. The quantitative estimate of drug-likeness (QED) is 0.0459. The van der Waals surface area contributed by atoms with Crippen molar-refractivity contribution >= 4 is 23.5 Å². The van der Waals surface area contributed by atoms with E-state index in [0.29, 0.717) is 0 Å². The normalized spacial score (nSPS) is 12.4. The van der Waals surface area contributed by atoms with E-state index in [-0.39, 0.29) is 0 Å². The van der Waals surface area contributed by atoms with Crippen LogP contribution in [0, 0.1) is 0 Å². The Morgan fingerprint density at radius 2 is 0.807 bits per heavy atom. The number of rotatable bonds is 35. The van der Waals surface area contributed by atoms with Gasteiger partial charge in [0.15, 0.2) is 0 Å². The molecule has 0 saturated heterocycles. The fourth-order valence-electron chi connectivity index (χ4n) is 9.23. The Bertz CT molecular complexity index is 1550. The zero-order valence-corrected chi connectivity index (χ0v) is 37.5. The van der Waals surface area contributed by atoms with Crippen molar-refractivity contribution in [2.45, 2.75) is 232 Å². The number of hydrogen-bond donors (Lipinski definition) is 1. The van der Waals surface area contributed by atoms with Crippen molar-refractivity contribution < 1.29 is 0 Å². The van der Waals surface area contributed by atoms with Crippen molar-refractivity contribution in [3.8, 4) is 0 Å². The summed E-state index contributed by atoms with van der Waals surface area (Å²) >= 11 is 0. The zero-order valence-electron chi connectivity index (χ0n) is 37.5. The lowest BCUT2D eigenvalue weighted by Gasteiger charge is -2.21. The second-order valence-corrected chi connectivity index (χ2v) is 17.9. The molecule has 4 rings (SSSR count). The predicted octanol–water partition coefficient (Wildman–Crippen LogP) is 17.0. The van der Waals surface area contributed by atoms with Crippen LogP contribution < -0.4 is 15.8 Å². The van der Waals surface area contributed by atoms with Gasteiger partial charge >= 0.3 is 0 Å². The molecule has 1 aliphatic heterocycles. The standard InChI is InChI=1S/C56H87N/c1-3-5-7-9-11-13-15-17-19-21-23-25-27-29-31-36-42-50-48-56-54(47-51-43-38-39-45-55(51)57-56)53(46-49-40-34-33-35-41-49)52(50)44-37-32-30-28-26-24-22-20-18-16-14-12-10-8-6-4-2/h33-35,38-41,43,45-48,57H,3-32,36-37,42,44H2,1-2H3. The first-order valence-electron chi connectivity index (χ1n) is 25.1. The topological polar surface area (TPSA) is 12.0 Å². The lowest BCUT2D eigenvalue weighted by atomic mass is 9.90. The Labute approximate surface area is 353 Å². The maximum Gasteiger partial charge on any atom is 0.0467 e. The number of aryl methyl sites for hydroxylation is 1. The fraction of sp³-hybridized carbons (Fsp3) is 0.643. The molecule has 0 unspecified atom stereocenters. The number of nitrogens with one attached hydrogen (secondary N) is 1. The summed E-state index contributed by atoms with van der Waals surface area (Å²) in [5, 5.41) is 6.69. The van der Waals surface area contributed by atoms with E-state index in [1.807, 2.05) is 0 Å². The minimum atomic E-state index is 1.19. The molecule has 1 nitrogen and oxygen atoms in total. The average molecular weight is 774 g/mol. The van der Waals surface area contributed by atoms with E-state index < -0.39 is 0 Å². The largest absolute Gasteiger partial charge is 0.355 e. The lowest BCUT2D eigenvalue weighted by molar-refractivity contribution is 0.528. The average Bonchev–Trinajstić information content (AvgIpc) is 3.23. The highest BCUT2D eigenvalue weighted by atomic mass is 14.9. The second kappa shape index (κ2) is 31.2. The van der Waals surface area contributed by atoms with Crippen molar-refractivity contribution in [2.24, 2.45) is 0 Å². The van der Waals surface area contributed by atoms with Crippen molar-refractivity contribution in [1.29, 1.82) is 0 Å². The van der Waals surface area contributed by atoms with Crippen LogP contribution >= 0.6 is 0 Å². The molecule has 0 amide bonds. The predicted molar refractivity (Wildman–Crippen MR) is 255 cm³/mol. The van der Waals surface area contributed by atoms with Gasteiger partial charge in [0.25, 0.3) is 0 Å². The number of fused-ring (bicyclic) bond motifs is 2. The fourth-order valence-corrected chi connectivity index (χ4v) is 9.23. The van der Waals surface area contributed by atoms with Crippen LogP contribution in [0.4, 0.5) is 11.4 Å².